The SMILES string of the molecule is CCC1(CC)CN(Cc2cnn(C)c2)CCN1. The average molecular weight is 236 g/mol. The Kier molecular flexibility index (Phi) is 3.84. The summed E-state index contributed by atoms with van der Waals surface area (Å²) in [7, 11) is 1.98. The second kappa shape index (κ2) is 5.19. The molecule has 1 N–H and O–H groups in total. The van der Waals surface area contributed by atoms with Gasteiger partial charge in [0.2, 0.25) is 0 Å². The van der Waals surface area contributed by atoms with Gasteiger partial charge in [0.15, 0.2) is 0 Å². The average Bonchev–Trinajstić information content (AvgIpc) is 2.75. The van der Waals surface area contributed by atoms with E-state index in [1.807, 2.05) is 17.9 Å². The second-order valence-corrected chi connectivity index (χ2v) is 5.15. The molecule has 1 aromatic heterocycles. The molecule has 0 amide bonds. The largest absolute Gasteiger partial charge is 0.309 e. The van der Waals surface area contributed by atoms with E-state index in [1.54, 1.807) is 0 Å². The van der Waals surface area contributed by atoms with E-state index in [0.717, 1.165) is 26.2 Å². The summed E-state index contributed by atoms with van der Waals surface area (Å²) in [4.78, 5) is 2.54. The first-order chi connectivity index (χ1) is 8.17. The second-order valence-electron chi connectivity index (χ2n) is 5.15. The predicted octanol–water partition coefficient (Wildman–Crippen LogP) is 1.38. The molecule has 0 radical (unpaired) electrons. The van der Waals surface area contributed by atoms with Crippen molar-refractivity contribution >= 4 is 0 Å². The number of aryl methyl sites for hydroxylation is 1. The van der Waals surface area contributed by atoms with Crippen LogP contribution in [0.25, 0.3) is 0 Å². The van der Waals surface area contributed by atoms with Crippen LogP contribution >= 0.6 is 0 Å². The lowest BCUT2D eigenvalue weighted by Crippen LogP contribution is -2.59. The molecule has 4 nitrogen and oxygen atoms in total. The quantitative estimate of drug-likeness (QED) is 0.857. The number of piperazine rings is 1. The van der Waals surface area contributed by atoms with Crippen molar-refractivity contribution in [1.82, 2.24) is 20.0 Å². The van der Waals surface area contributed by atoms with E-state index in [4.69, 9.17) is 0 Å². The van der Waals surface area contributed by atoms with Gasteiger partial charge in [0.05, 0.1) is 6.20 Å². The summed E-state index contributed by atoms with van der Waals surface area (Å²) in [6.45, 7) is 8.97. The summed E-state index contributed by atoms with van der Waals surface area (Å²) in [5.74, 6) is 0. The molecular weight excluding hydrogens is 212 g/mol. The monoisotopic (exact) mass is 236 g/mol. The zero-order valence-corrected chi connectivity index (χ0v) is 11.2. The molecule has 0 bridgehead atoms. The van der Waals surface area contributed by atoms with Crippen LogP contribution in [0.15, 0.2) is 12.4 Å². The van der Waals surface area contributed by atoms with Gasteiger partial charge >= 0.3 is 0 Å². The molecular formula is C13H24N4. The van der Waals surface area contributed by atoms with Crippen LogP contribution in [0, 0.1) is 0 Å². The van der Waals surface area contributed by atoms with Gasteiger partial charge in [-0.3, -0.25) is 9.58 Å². The third-order valence-corrected chi connectivity index (χ3v) is 3.97. The van der Waals surface area contributed by atoms with Gasteiger partial charge in [-0.15, -0.1) is 0 Å². The van der Waals surface area contributed by atoms with Gasteiger partial charge in [-0.05, 0) is 12.8 Å². The van der Waals surface area contributed by atoms with E-state index < -0.39 is 0 Å². The van der Waals surface area contributed by atoms with Gasteiger partial charge in [0.1, 0.15) is 0 Å². The molecule has 1 fully saturated rings. The van der Waals surface area contributed by atoms with Gasteiger partial charge < -0.3 is 5.32 Å². The number of aromatic nitrogens is 2. The molecule has 4 heteroatoms. The molecule has 17 heavy (non-hydrogen) atoms. The molecule has 1 saturated heterocycles. The van der Waals surface area contributed by atoms with E-state index >= 15 is 0 Å². The Morgan fingerprint density at radius 2 is 2.18 bits per heavy atom. The lowest BCUT2D eigenvalue weighted by Gasteiger charge is -2.43. The van der Waals surface area contributed by atoms with Crippen LogP contribution in [-0.4, -0.2) is 39.9 Å². The minimum Gasteiger partial charge on any atom is -0.309 e. The number of hydrogen-bond donors (Lipinski definition) is 1. The third-order valence-electron chi connectivity index (χ3n) is 3.97. The Morgan fingerprint density at radius 1 is 1.41 bits per heavy atom. The zero-order chi connectivity index (χ0) is 12.3. The molecule has 1 aliphatic rings. The Labute approximate surface area is 104 Å². The third kappa shape index (κ3) is 2.87. The highest BCUT2D eigenvalue weighted by atomic mass is 15.3. The number of hydrogen-bond acceptors (Lipinski definition) is 3. The van der Waals surface area contributed by atoms with Crippen molar-refractivity contribution in [2.75, 3.05) is 19.6 Å². The fraction of sp³-hybridized carbons (Fsp3) is 0.769. The lowest BCUT2D eigenvalue weighted by molar-refractivity contribution is 0.118. The van der Waals surface area contributed by atoms with Gasteiger partial charge in [-0.25, -0.2) is 0 Å². The van der Waals surface area contributed by atoms with E-state index in [-0.39, 0.29) is 0 Å². The van der Waals surface area contributed by atoms with Crippen molar-refractivity contribution in [1.29, 1.82) is 0 Å². The van der Waals surface area contributed by atoms with Crippen molar-refractivity contribution in [3.05, 3.63) is 18.0 Å². The Bertz CT molecular complexity index is 354. The van der Waals surface area contributed by atoms with E-state index in [1.165, 1.54) is 18.4 Å². The molecule has 96 valence electrons. The summed E-state index contributed by atoms with van der Waals surface area (Å²) in [5.41, 5.74) is 1.64. The van der Waals surface area contributed by atoms with Gasteiger partial charge in [-0.1, -0.05) is 13.8 Å². The molecule has 0 aromatic carbocycles. The molecule has 1 aliphatic heterocycles. The number of nitrogens with one attached hydrogen (secondary N) is 1. The number of rotatable bonds is 4. The molecule has 2 heterocycles. The molecule has 0 unspecified atom stereocenters. The van der Waals surface area contributed by atoms with Crippen LogP contribution in [0.3, 0.4) is 0 Å². The zero-order valence-electron chi connectivity index (χ0n) is 11.2. The Hall–Kier alpha value is -0.870. The van der Waals surface area contributed by atoms with Crippen molar-refractivity contribution in [3.8, 4) is 0 Å². The molecule has 0 spiro atoms. The highest BCUT2D eigenvalue weighted by Gasteiger charge is 2.31. The summed E-state index contributed by atoms with van der Waals surface area (Å²) < 4.78 is 1.88. The summed E-state index contributed by atoms with van der Waals surface area (Å²) in [6.07, 6.45) is 6.49. The summed E-state index contributed by atoms with van der Waals surface area (Å²) >= 11 is 0. The van der Waals surface area contributed by atoms with Gasteiger partial charge in [-0.2, -0.15) is 5.10 Å². The fourth-order valence-electron chi connectivity index (χ4n) is 2.71. The minimum atomic E-state index is 0.320. The molecule has 1 aromatic rings. The highest BCUT2D eigenvalue weighted by molar-refractivity contribution is 5.05. The minimum absolute atomic E-state index is 0.320. The van der Waals surface area contributed by atoms with Crippen LogP contribution < -0.4 is 5.32 Å². The van der Waals surface area contributed by atoms with Crippen molar-refractivity contribution < 1.29 is 0 Å². The first-order valence-electron chi connectivity index (χ1n) is 6.62. The number of nitrogens with zero attached hydrogens (tertiary/aromatic N) is 3. The maximum atomic E-state index is 4.23. The molecule has 0 atom stereocenters. The fourth-order valence-corrected chi connectivity index (χ4v) is 2.71. The Balaban J connectivity index is 1.98. The topological polar surface area (TPSA) is 33.1 Å². The standard InChI is InChI=1S/C13H24N4/c1-4-13(5-2)11-17(7-6-14-13)10-12-8-15-16(3)9-12/h8-9,14H,4-7,10-11H2,1-3H3. The smallest absolute Gasteiger partial charge is 0.0534 e. The molecule has 0 saturated carbocycles. The maximum Gasteiger partial charge on any atom is 0.0534 e. The highest BCUT2D eigenvalue weighted by Crippen LogP contribution is 2.21. The van der Waals surface area contributed by atoms with Gasteiger partial charge in [0.25, 0.3) is 0 Å². The van der Waals surface area contributed by atoms with Crippen molar-refractivity contribution in [3.63, 3.8) is 0 Å². The van der Waals surface area contributed by atoms with Crippen LogP contribution in [0.1, 0.15) is 32.3 Å². The maximum absolute atomic E-state index is 4.23. The Morgan fingerprint density at radius 3 is 2.76 bits per heavy atom. The first kappa shape index (κ1) is 12.6. The lowest BCUT2D eigenvalue weighted by atomic mass is 9.90. The predicted molar refractivity (Wildman–Crippen MR) is 69.8 cm³/mol. The molecule has 0 aliphatic carbocycles. The van der Waals surface area contributed by atoms with Crippen LogP contribution in [0.2, 0.25) is 0 Å². The van der Waals surface area contributed by atoms with Crippen LogP contribution in [0.5, 0.6) is 0 Å². The summed E-state index contributed by atoms with van der Waals surface area (Å²) in [5, 5.41) is 7.92. The molecule has 2 rings (SSSR count). The normalized spacial score (nSPS) is 20.6. The van der Waals surface area contributed by atoms with Crippen LogP contribution in [-0.2, 0) is 13.6 Å². The van der Waals surface area contributed by atoms with Crippen molar-refractivity contribution in [2.45, 2.75) is 38.8 Å². The van der Waals surface area contributed by atoms with Gasteiger partial charge in [0, 0.05) is 50.5 Å². The van der Waals surface area contributed by atoms with E-state index in [9.17, 15) is 0 Å². The van der Waals surface area contributed by atoms with Crippen molar-refractivity contribution in [2.24, 2.45) is 7.05 Å². The van der Waals surface area contributed by atoms with Crippen LogP contribution in [0.4, 0.5) is 0 Å². The summed E-state index contributed by atoms with van der Waals surface area (Å²) in [6, 6.07) is 0. The van der Waals surface area contributed by atoms with E-state index in [2.05, 4.69) is 35.4 Å². The first-order valence-corrected chi connectivity index (χ1v) is 6.62. The van der Waals surface area contributed by atoms with E-state index in [0.29, 0.717) is 5.54 Å².